The number of esters is 1. The van der Waals surface area contributed by atoms with E-state index in [0.717, 1.165) is 4.88 Å². The van der Waals surface area contributed by atoms with Crippen LogP contribution in [0, 0.1) is 6.92 Å². The molecule has 0 N–H and O–H groups in total. The van der Waals surface area contributed by atoms with Crippen molar-refractivity contribution in [3.05, 3.63) is 28.0 Å². The molecule has 1 amide bonds. The number of methoxy groups -OCH3 is 1. The fourth-order valence-corrected chi connectivity index (χ4v) is 2.29. The average Bonchev–Trinajstić information content (AvgIpc) is 2.78. The lowest BCUT2D eigenvalue weighted by molar-refractivity contribution is -0.146. The van der Waals surface area contributed by atoms with Gasteiger partial charge in [-0.05, 0) is 39.0 Å². The maximum Gasteiger partial charge on any atom is 0.325 e. The van der Waals surface area contributed by atoms with E-state index in [4.69, 9.17) is 0 Å². The summed E-state index contributed by atoms with van der Waals surface area (Å²) in [6, 6.07) is 3.91. The van der Waals surface area contributed by atoms with Crippen LogP contribution in [0.3, 0.4) is 0 Å². The second-order valence-corrected chi connectivity index (χ2v) is 5.74. The zero-order chi connectivity index (χ0) is 14.4. The van der Waals surface area contributed by atoms with Gasteiger partial charge in [0.15, 0.2) is 0 Å². The van der Waals surface area contributed by atoms with Crippen LogP contribution >= 0.6 is 11.3 Å². The molecule has 0 unspecified atom stereocenters. The van der Waals surface area contributed by atoms with E-state index in [1.54, 1.807) is 17.4 Å². The molecule has 0 aromatic carbocycles. The molecule has 0 aliphatic heterocycles. The molecule has 1 aromatic rings. The van der Waals surface area contributed by atoms with Gasteiger partial charge < -0.3 is 9.64 Å². The van der Waals surface area contributed by atoms with Gasteiger partial charge in [-0.25, -0.2) is 0 Å². The van der Waals surface area contributed by atoms with Gasteiger partial charge in [-0.15, -0.1) is 11.3 Å². The van der Waals surface area contributed by atoms with E-state index < -0.39 is 5.97 Å². The van der Waals surface area contributed by atoms with Crippen LogP contribution in [0.1, 0.15) is 23.6 Å². The molecule has 0 bridgehead atoms. The monoisotopic (exact) mass is 281 g/mol. The molecule has 0 spiro atoms. The Labute approximate surface area is 117 Å². The molecule has 1 heterocycles. The number of hydrogen-bond acceptors (Lipinski definition) is 4. The first-order valence-corrected chi connectivity index (χ1v) is 6.87. The fourth-order valence-electron chi connectivity index (χ4n) is 1.51. The number of carbonyl (C=O) groups is 2. The van der Waals surface area contributed by atoms with E-state index in [1.165, 1.54) is 23.0 Å². The number of hydrogen-bond donors (Lipinski definition) is 0. The Kier molecular flexibility index (Phi) is 5.76. The second-order valence-electron chi connectivity index (χ2n) is 4.42. The van der Waals surface area contributed by atoms with Crippen molar-refractivity contribution in [3.8, 4) is 0 Å². The van der Waals surface area contributed by atoms with E-state index in [2.05, 4.69) is 4.74 Å². The lowest BCUT2D eigenvalue weighted by Crippen LogP contribution is -2.40. The Balaban J connectivity index is 2.72. The largest absolute Gasteiger partial charge is 0.468 e. The van der Waals surface area contributed by atoms with Crippen molar-refractivity contribution in [2.75, 3.05) is 13.7 Å². The topological polar surface area (TPSA) is 46.6 Å². The molecule has 104 valence electrons. The van der Waals surface area contributed by atoms with E-state index in [0.29, 0.717) is 0 Å². The third-order valence-corrected chi connectivity index (χ3v) is 3.55. The van der Waals surface area contributed by atoms with E-state index >= 15 is 0 Å². The van der Waals surface area contributed by atoms with Gasteiger partial charge in [0.05, 0.1) is 7.11 Å². The van der Waals surface area contributed by atoms with Gasteiger partial charge in [0.1, 0.15) is 6.54 Å². The predicted molar refractivity (Wildman–Crippen MR) is 77.0 cm³/mol. The van der Waals surface area contributed by atoms with Crippen LogP contribution in [0.5, 0.6) is 0 Å². The molecule has 4 nitrogen and oxygen atoms in total. The molecule has 1 aromatic heterocycles. The van der Waals surface area contributed by atoms with E-state index in [1.807, 2.05) is 32.9 Å². The normalized spacial score (nSPS) is 11.0. The molecule has 0 aliphatic carbocycles. The van der Waals surface area contributed by atoms with Gasteiger partial charge in [-0.1, -0.05) is 0 Å². The summed E-state index contributed by atoms with van der Waals surface area (Å²) in [6.07, 6.45) is 3.26. The molecule has 0 radical (unpaired) electrons. The highest BCUT2D eigenvalue weighted by atomic mass is 32.1. The molecular weight excluding hydrogens is 262 g/mol. The number of rotatable bonds is 5. The number of amides is 1. The van der Waals surface area contributed by atoms with Crippen molar-refractivity contribution in [3.63, 3.8) is 0 Å². The number of aryl methyl sites for hydroxylation is 1. The Morgan fingerprint density at radius 2 is 2.11 bits per heavy atom. The summed E-state index contributed by atoms with van der Waals surface area (Å²) in [6.45, 7) is 5.72. The van der Waals surface area contributed by atoms with Crippen molar-refractivity contribution in [1.29, 1.82) is 0 Å². The molecule has 1 rings (SSSR count). The lowest BCUT2D eigenvalue weighted by Gasteiger charge is -2.23. The Bertz CT molecular complexity index is 477. The van der Waals surface area contributed by atoms with Crippen LogP contribution in [0.2, 0.25) is 0 Å². The van der Waals surface area contributed by atoms with Crippen molar-refractivity contribution >= 4 is 29.3 Å². The summed E-state index contributed by atoms with van der Waals surface area (Å²) in [5.74, 6) is -0.603. The van der Waals surface area contributed by atoms with Crippen molar-refractivity contribution in [1.82, 2.24) is 4.90 Å². The first kappa shape index (κ1) is 15.4. The molecule has 19 heavy (non-hydrogen) atoms. The highest BCUT2D eigenvalue weighted by molar-refractivity contribution is 7.12. The second kappa shape index (κ2) is 7.09. The maximum absolute atomic E-state index is 12.1. The average molecular weight is 281 g/mol. The minimum Gasteiger partial charge on any atom is -0.468 e. The summed E-state index contributed by atoms with van der Waals surface area (Å²) in [7, 11) is 1.32. The molecule has 0 fully saturated rings. The van der Waals surface area contributed by atoms with Gasteiger partial charge >= 0.3 is 5.97 Å². The SMILES string of the molecule is COC(=O)CN(C(=O)C=Cc1ccc(C)s1)C(C)C. The number of nitrogens with zero attached hydrogens (tertiary/aromatic N) is 1. The molecule has 0 atom stereocenters. The highest BCUT2D eigenvalue weighted by Gasteiger charge is 2.18. The van der Waals surface area contributed by atoms with Gasteiger partial charge in [0.2, 0.25) is 5.91 Å². The van der Waals surface area contributed by atoms with E-state index in [9.17, 15) is 9.59 Å². The van der Waals surface area contributed by atoms with Crippen molar-refractivity contribution in [2.24, 2.45) is 0 Å². The quantitative estimate of drug-likeness (QED) is 0.615. The first-order chi connectivity index (χ1) is 8.93. The summed E-state index contributed by atoms with van der Waals surface area (Å²) >= 11 is 1.62. The highest BCUT2D eigenvalue weighted by Crippen LogP contribution is 2.16. The molecule has 5 heteroatoms. The number of thiophene rings is 1. The van der Waals surface area contributed by atoms with Gasteiger partial charge in [0.25, 0.3) is 0 Å². The van der Waals surface area contributed by atoms with Gasteiger partial charge in [0, 0.05) is 21.9 Å². The third kappa shape index (κ3) is 4.87. The van der Waals surface area contributed by atoms with Gasteiger partial charge in [-0.2, -0.15) is 0 Å². The van der Waals surface area contributed by atoms with Crippen LogP contribution < -0.4 is 0 Å². The molecular formula is C14H19NO3S. The van der Waals surface area contributed by atoms with Crippen molar-refractivity contribution < 1.29 is 14.3 Å². The lowest BCUT2D eigenvalue weighted by atomic mass is 10.3. The standard InChI is InChI=1S/C14H19NO3S/c1-10(2)15(9-14(17)18-4)13(16)8-7-12-6-5-11(3)19-12/h5-8,10H,9H2,1-4H3. The van der Waals surface area contributed by atoms with Crippen LogP contribution in [0.25, 0.3) is 6.08 Å². The van der Waals surface area contributed by atoms with Crippen LogP contribution in [-0.2, 0) is 14.3 Å². The minimum absolute atomic E-state index is 0.0270. The summed E-state index contributed by atoms with van der Waals surface area (Å²) < 4.78 is 4.59. The number of ether oxygens (including phenoxy) is 1. The summed E-state index contributed by atoms with van der Waals surface area (Å²) in [5.41, 5.74) is 0. The Morgan fingerprint density at radius 1 is 1.42 bits per heavy atom. The number of carbonyl (C=O) groups excluding carboxylic acids is 2. The Hall–Kier alpha value is -1.62. The first-order valence-electron chi connectivity index (χ1n) is 6.06. The minimum atomic E-state index is -0.414. The third-order valence-electron chi connectivity index (χ3n) is 2.58. The predicted octanol–water partition coefficient (Wildman–Crippen LogP) is 2.48. The van der Waals surface area contributed by atoms with E-state index in [-0.39, 0.29) is 18.5 Å². The molecule has 0 saturated carbocycles. The molecule has 0 saturated heterocycles. The summed E-state index contributed by atoms with van der Waals surface area (Å²) in [4.78, 5) is 27.0. The van der Waals surface area contributed by atoms with Crippen LogP contribution in [-0.4, -0.2) is 36.5 Å². The Morgan fingerprint density at radius 3 is 2.58 bits per heavy atom. The van der Waals surface area contributed by atoms with Gasteiger partial charge in [-0.3, -0.25) is 9.59 Å². The summed E-state index contributed by atoms with van der Waals surface area (Å²) in [5, 5.41) is 0. The molecule has 0 aliphatic rings. The maximum atomic E-state index is 12.1. The zero-order valence-electron chi connectivity index (χ0n) is 11.7. The zero-order valence-corrected chi connectivity index (χ0v) is 12.5. The van der Waals surface area contributed by atoms with Crippen molar-refractivity contribution in [2.45, 2.75) is 26.8 Å². The fraction of sp³-hybridized carbons (Fsp3) is 0.429. The van der Waals surface area contributed by atoms with Crippen LogP contribution in [0.15, 0.2) is 18.2 Å². The van der Waals surface area contributed by atoms with Crippen LogP contribution in [0.4, 0.5) is 0 Å². The smallest absolute Gasteiger partial charge is 0.325 e.